The van der Waals surface area contributed by atoms with Gasteiger partial charge in [0.15, 0.2) is 0 Å². The summed E-state index contributed by atoms with van der Waals surface area (Å²) in [5.41, 5.74) is 2.23. The smallest absolute Gasteiger partial charge is 0.0594 e. The van der Waals surface area contributed by atoms with E-state index >= 15 is 0 Å². The maximum atomic E-state index is 5.47. The molecule has 3 nitrogen and oxygen atoms in total. The molecule has 0 spiro atoms. The van der Waals surface area contributed by atoms with Crippen LogP contribution in [0, 0.1) is 11.3 Å². The van der Waals surface area contributed by atoms with Crippen LogP contribution in [0.1, 0.15) is 25.7 Å². The Morgan fingerprint density at radius 3 is 2.71 bits per heavy atom. The maximum absolute atomic E-state index is 5.47. The molecule has 0 radical (unpaired) electrons. The van der Waals surface area contributed by atoms with E-state index in [4.69, 9.17) is 4.74 Å². The molecular formula is C18H26N2O. The van der Waals surface area contributed by atoms with E-state index in [1.54, 1.807) is 5.57 Å². The predicted octanol–water partition coefficient (Wildman–Crippen LogP) is 2.06. The van der Waals surface area contributed by atoms with Gasteiger partial charge in [0.25, 0.3) is 0 Å². The van der Waals surface area contributed by atoms with Crippen LogP contribution in [0.4, 0.5) is 0 Å². The molecule has 5 aliphatic rings. The Morgan fingerprint density at radius 2 is 2.00 bits per heavy atom. The second kappa shape index (κ2) is 4.68. The maximum Gasteiger partial charge on any atom is 0.0594 e. The lowest BCUT2D eigenvalue weighted by molar-refractivity contribution is 0.0258. The molecule has 2 saturated heterocycles. The van der Waals surface area contributed by atoms with Crippen molar-refractivity contribution in [2.45, 2.75) is 37.8 Å². The Kier molecular flexibility index (Phi) is 2.86. The molecule has 0 amide bonds. The SMILES string of the molecule is C1=CC(N2CCOCC2)CC=C1C12CC1CN(C1CC1)C2. The zero-order valence-electron chi connectivity index (χ0n) is 12.8. The van der Waals surface area contributed by atoms with E-state index < -0.39 is 0 Å². The van der Waals surface area contributed by atoms with Gasteiger partial charge in [0.1, 0.15) is 0 Å². The zero-order chi connectivity index (χ0) is 13.9. The average molecular weight is 286 g/mol. The topological polar surface area (TPSA) is 15.7 Å². The van der Waals surface area contributed by atoms with Crippen LogP contribution < -0.4 is 0 Å². The molecule has 21 heavy (non-hydrogen) atoms. The molecule has 3 unspecified atom stereocenters. The first-order chi connectivity index (χ1) is 10.4. The molecule has 5 rings (SSSR count). The Morgan fingerprint density at radius 1 is 1.14 bits per heavy atom. The predicted molar refractivity (Wildman–Crippen MR) is 83.2 cm³/mol. The molecule has 0 N–H and O–H groups in total. The fraction of sp³-hybridized carbons (Fsp3) is 0.778. The second-order valence-electron chi connectivity index (χ2n) is 7.69. The molecule has 4 fully saturated rings. The third-order valence-electron chi connectivity index (χ3n) is 6.40. The molecule has 0 aromatic heterocycles. The Hall–Kier alpha value is -0.640. The van der Waals surface area contributed by atoms with Crippen molar-refractivity contribution >= 4 is 0 Å². The summed E-state index contributed by atoms with van der Waals surface area (Å²) in [5.74, 6) is 0.967. The minimum Gasteiger partial charge on any atom is -0.379 e. The quantitative estimate of drug-likeness (QED) is 0.790. The van der Waals surface area contributed by atoms with Gasteiger partial charge in [-0.15, -0.1) is 0 Å². The largest absolute Gasteiger partial charge is 0.379 e. The van der Waals surface area contributed by atoms with Crippen LogP contribution in [-0.2, 0) is 4.74 Å². The summed E-state index contributed by atoms with van der Waals surface area (Å²) < 4.78 is 5.47. The molecule has 2 aliphatic heterocycles. The Labute approximate surface area is 127 Å². The van der Waals surface area contributed by atoms with E-state index in [2.05, 4.69) is 28.0 Å². The first kappa shape index (κ1) is 12.9. The molecule has 114 valence electrons. The highest BCUT2D eigenvalue weighted by atomic mass is 16.5. The van der Waals surface area contributed by atoms with Gasteiger partial charge in [-0.3, -0.25) is 9.80 Å². The van der Waals surface area contributed by atoms with Gasteiger partial charge in [-0.2, -0.15) is 0 Å². The minimum absolute atomic E-state index is 0.565. The number of ether oxygens (including phenoxy) is 1. The molecule has 3 aliphatic carbocycles. The summed E-state index contributed by atoms with van der Waals surface area (Å²) in [7, 11) is 0. The number of nitrogens with zero attached hydrogens (tertiary/aromatic N) is 2. The first-order valence-electron chi connectivity index (χ1n) is 8.80. The van der Waals surface area contributed by atoms with Crippen molar-refractivity contribution in [1.82, 2.24) is 9.80 Å². The van der Waals surface area contributed by atoms with E-state index in [9.17, 15) is 0 Å². The van der Waals surface area contributed by atoms with Gasteiger partial charge in [-0.25, -0.2) is 0 Å². The van der Waals surface area contributed by atoms with E-state index in [0.29, 0.717) is 11.5 Å². The van der Waals surface area contributed by atoms with Crippen molar-refractivity contribution in [3.05, 3.63) is 23.8 Å². The highest BCUT2D eigenvalue weighted by Crippen LogP contribution is 2.64. The third kappa shape index (κ3) is 2.13. The molecule has 3 atom stereocenters. The van der Waals surface area contributed by atoms with Crippen molar-refractivity contribution in [1.29, 1.82) is 0 Å². The molecule has 0 aromatic rings. The van der Waals surface area contributed by atoms with E-state index in [0.717, 1.165) is 38.3 Å². The van der Waals surface area contributed by atoms with Crippen LogP contribution in [-0.4, -0.2) is 61.3 Å². The standard InChI is InChI=1S/C18H26N2O/c1-3-16(19-7-9-21-10-8-19)4-2-14(1)18-11-15(18)12-20(13-18)17-5-6-17/h1-3,15-17H,4-13H2. The fourth-order valence-electron chi connectivity index (χ4n) is 4.84. The van der Waals surface area contributed by atoms with Crippen molar-refractivity contribution < 1.29 is 4.74 Å². The van der Waals surface area contributed by atoms with Gasteiger partial charge >= 0.3 is 0 Å². The highest BCUT2D eigenvalue weighted by molar-refractivity contribution is 5.40. The fourth-order valence-corrected chi connectivity index (χ4v) is 4.84. The lowest BCUT2D eigenvalue weighted by Gasteiger charge is -2.34. The van der Waals surface area contributed by atoms with Crippen LogP contribution >= 0.6 is 0 Å². The van der Waals surface area contributed by atoms with E-state index in [1.807, 2.05) is 0 Å². The highest BCUT2D eigenvalue weighted by Gasteiger charge is 2.62. The van der Waals surface area contributed by atoms with Gasteiger partial charge in [-0.05, 0) is 37.2 Å². The van der Waals surface area contributed by atoms with Crippen LogP contribution in [0.3, 0.4) is 0 Å². The van der Waals surface area contributed by atoms with Crippen LogP contribution in [0.25, 0.3) is 0 Å². The number of hydrogen-bond donors (Lipinski definition) is 0. The van der Waals surface area contributed by atoms with Crippen molar-refractivity contribution in [2.24, 2.45) is 11.3 Å². The van der Waals surface area contributed by atoms with Crippen LogP contribution in [0.5, 0.6) is 0 Å². The van der Waals surface area contributed by atoms with Crippen molar-refractivity contribution in [2.75, 3.05) is 39.4 Å². The number of likely N-dealkylation sites (tertiary alicyclic amines) is 1. The number of piperidine rings is 1. The normalized spacial score (nSPS) is 43.7. The third-order valence-corrected chi connectivity index (χ3v) is 6.40. The van der Waals surface area contributed by atoms with Crippen LogP contribution in [0.15, 0.2) is 23.8 Å². The van der Waals surface area contributed by atoms with Gasteiger partial charge in [0.2, 0.25) is 0 Å². The summed E-state index contributed by atoms with van der Waals surface area (Å²) >= 11 is 0. The van der Waals surface area contributed by atoms with Crippen molar-refractivity contribution in [3.63, 3.8) is 0 Å². The monoisotopic (exact) mass is 286 g/mol. The molecule has 3 heteroatoms. The molecule has 0 aromatic carbocycles. The second-order valence-corrected chi connectivity index (χ2v) is 7.69. The summed E-state index contributed by atoms with van der Waals surface area (Å²) in [6.07, 6.45) is 13.1. The summed E-state index contributed by atoms with van der Waals surface area (Å²) in [5, 5.41) is 0. The van der Waals surface area contributed by atoms with E-state index in [-0.39, 0.29) is 0 Å². The lowest BCUT2D eigenvalue weighted by Crippen LogP contribution is -2.43. The summed E-state index contributed by atoms with van der Waals surface area (Å²) in [6, 6.07) is 1.57. The average Bonchev–Trinajstić information content (AvgIpc) is 3.47. The van der Waals surface area contributed by atoms with Crippen molar-refractivity contribution in [3.8, 4) is 0 Å². The van der Waals surface area contributed by atoms with Gasteiger partial charge in [0.05, 0.1) is 13.2 Å². The molecular weight excluding hydrogens is 260 g/mol. The van der Waals surface area contributed by atoms with Gasteiger partial charge in [-0.1, -0.05) is 18.2 Å². The number of fused-ring (bicyclic) bond motifs is 1. The molecule has 2 heterocycles. The number of rotatable bonds is 3. The molecule has 2 saturated carbocycles. The molecule has 0 bridgehead atoms. The van der Waals surface area contributed by atoms with Crippen LogP contribution in [0.2, 0.25) is 0 Å². The van der Waals surface area contributed by atoms with Gasteiger partial charge in [0, 0.05) is 43.7 Å². The van der Waals surface area contributed by atoms with Gasteiger partial charge < -0.3 is 4.74 Å². The zero-order valence-corrected chi connectivity index (χ0v) is 12.8. The Balaban J connectivity index is 1.26. The lowest BCUT2D eigenvalue weighted by atomic mass is 9.88. The first-order valence-corrected chi connectivity index (χ1v) is 8.80. The Bertz CT molecular complexity index is 489. The number of morpholine rings is 1. The number of allylic oxidation sites excluding steroid dienone is 1. The summed E-state index contributed by atoms with van der Waals surface area (Å²) in [6.45, 7) is 6.73. The van der Waals surface area contributed by atoms with E-state index in [1.165, 1.54) is 38.8 Å². The number of hydrogen-bond acceptors (Lipinski definition) is 3. The minimum atomic E-state index is 0.565. The summed E-state index contributed by atoms with van der Waals surface area (Å²) in [4.78, 5) is 5.36.